The molecule has 1 heteroatoms. The van der Waals surface area contributed by atoms with Crippen LogP contribution in [0.2, 0.25) is 0 Å². The van der Waals surface area contributed by atoms with Gasteiger partial charge in [-0.05, 0) is 38.8 Å². The van der Waals surface area contributed by atoms with E-state index in [1.54, 1.807) is 0 Å². The Morgan fingerprint density at radius 2 is 1.83 bits per heavy atom. The highest BCUT2D eigenvalue weighted by atomic mass is 15.1. The molecule has 0 spiro atoms. The van der Waals surface area contributed by atoms with E-state index in [1.807, 2.05) is 0 Å². The standard InChI is InChI=1S/C11H21N/c1-2-3-4-6-9-12-10-7-5-8-11-12/h3-4H,2,5-11H2,1H3. The highest BCUT2D eigenvalue weighted by molar-refractivity contribution is 4.81. The molecule has 1 fully saturated rings. The molecule has 0 aromatic carbocycles. The Hall–Kier alpha value is -0.300. The number of allylic oxidation sites excluding steroid dienone is 1. The first-order chi connectivity index (χ1) is 5.93. The minimum atomic E-state index is 1.18. The third-order valence-corrected chi connectivity index (χ3v) is 2.46. The van der Waals surface area contributed by atoms with Crippen LogP contribution in [0.25, 0.3) is 0 Å². The second-order valence-corrected chi connectivity index (χ2v) is 3.57. The lowest BCUT2D eigenvalue weighted by Crippen LogP contribution is -2.30. The van der Waals surface area contributed by atoms with E-state index < -0.39 is 0 Å². The van der Waals surface area contributed by atoms with Crippen molar-refractivity contribution >= 4 is 0 Å². The van der Waals surface area contributed by atoms with Crippen molar-refractivity contribution in [3.05, 3.63) is 12.2 Å². The van der Waals surface area contributed by atoms with Gasteiger partial charge in [-0.25, -0.2) is 0 Å². The molecule has 0 radical (unpaired) electrons. The molecule has 0 amide bonds. The van der Waals surface area contributed by atoms with Crippen LogP contribution in [0.3, 0.4) is 0 Å². The van der Waals surface area contributed by atoms with Gasteiger partial charge in [0.1, 0.15) is 0 Å². The van der Waals surface area contributed by atoms with E-state index in [0.29, 0.717) is 0 Å². The molecule has 0 unspecified atom stereocenters. The summed E-state index contributed by atoms with van der Waals surface area (Å²) in [6.07, 6.45) is 11.3. The lowest BCUT2D eigenvalue weighted by molar-refractivity contribution is 0.233. The zero-order valence-corrected chi connectivity index (χ0v) is 8.26. The SMILES string of the molecule is CCC=CCCN1CCCCC1. The van der Waals surface area contributed by atoms with Crippen LogP contribution in [-0.4, -0.2) is 24.5 Å². The Morgan fingerprint density at radius 3 is 2.50 bits per heavy atom. The maximum atomic E-state index is 2.59. The predicted octanol–water partition coefficient (Wildman–Crippen LogP) is 2.83. The summed E-state index contributed by atoms with van der Waals surface area (Å²) in [4.78, 5) is 2.59. The molecule has 0 bridgehead atoms. The van der Waals surface area contributed by atoms with Crippen LogP contribution in [0.4, 0.5) is 0 Å². The van der Waals surface area contributed by atoms with Crippen molar-refractivity contribution < 1.29 is 0 Å². The molecule has 1 rings (SSSR count). The molecule has 1 saturated heterocycles. The minimum absolute atomic E-state index is 1.18. The average molecular weight is 167 g/mol. The van der Waals surface area contributed by atoms with Gasteiger partial charge < -0.3 is 4.90 Å². The summed E-state index contributed by atoms with van der Waals surface area (Å²) in [6.45, 7) is 6.13. The first-order valence-corrected chi connectivity index (χ1v) is 5.31. The highest BCUT2D eigenvalue weighted by Crippen LogP contribution is 2.08. The number of hydrogen-bond acceptors (Lipinski definition) is 1. The van der Waals surface area contributed by atoms with E-state index >= 15 is 0 Å². The monoisotopic (exact) mass is 167 g/mol. The van der Waals surface area contributed by atoms with E-state index in [1.165, 1.54) is 51.7 Å². The van der Waals surface area contributed by atoms with E-state index in [4.69, 9.17) is 0 Å². The molecule has 0 atom stereocenters. The second kappa shape index (κ2) is 6.24. The van der Waals surface area contributed by atoms with Gasteiger partial charge in [0, 0.05) is 6.54 Å². The zero-order chi connectivity index (χ0) is 8.65. The van der Waals surface area contributed by atoms with E-state index in [0.717, 1.165) is 0 Å². The number of likely N-dealkylation sites (tertiary alicyclic amines) is 1. The molecule has 0 aromatic heterocycles. The van der Waals surface area contributed by atoms with Crippen molar-refractivity contribution in [1.82, 2.24) is 4.90 Å². The molecule has 0 aliphatic carbocycles. The minimum Gasteiger partial charge on any atom is -0.303 e. The Kier molecular flexibility index (Phi) is 5.09. The van der Waals surface area contributed by atoms with Gasteiger partial charge in [-0.15, -0.1) is 0 Å². The largest absolute Gasteiger partial charge is 0.303 e. The van der Waals surface area contributed by atoms with Crippen LogP contribution < -0.4 is 0 Å². The maximum absolute atomic E-state index is 2.59. The number of rotatable bonds is 4. The average Bonchev–Trinajstić information content (AvgIpc) is 2.14. The van der Waals surface area contributed by atoms with Gasteiger partial charge >= 0.3 is 0 Å². The van der Waals surface area contributed by atoms with Crippen molar-refractivity contribution in [2.75, 3.05) is 19.6 Å². The van der Waals surface area contributed by atoms with Gasteiger partial charge in [-0.3, -0.25) is 0 Å². The molecule has 1 nitrogen and oxygen atoms in total. The smallest absolute Gasteiger partial charge is 0.00159 e. The highest BCUT2D eigenvalue weighted by Gasteiger charge is 2.07. The van der Waals surface area contributed by atoms with Crippen LogP contribution in [-0.2, 0) is 0 Å². The van der Waals surface area contributed by atoms with Crippen LogP contribution in [0, 0.1) is 0 Å². The summed E-state index contributed by atoms with van der Waals surface area (Å²) in [7, 11) is 0. The van der Waals surface area contributed by atoms with Crippen LogP contribution in [0.1, 0.15) is 39.0 Å². The third-order valence-electron chi connectivity index (χ3n) is 2.46. The van der Waals surface area contributed by atoms with Gasteiger partial charge in [0.05, 0.1) is 0 Å². The predicted molar refractivity (Wildman–Crippen MR) is 54.3 cm³/mol. The molecule has 0 N–H and O–H groups in total. The normalized spacial score (nSPS) is 20.4. The topological polar surface area (TPSA) is 3.24 Å². The van der Waals surface area contributed by atoms with Crippen molar-refractivity contribution in [2.45, 2.75) is 39.0 Å². The van der Waals surface area contributed by atoms with Crippen molar-refractivity contribution in [3.8, 4) is 0 Å². The lowest BCUT2D eigenvalue weighted by atomic mass is 10.1. The lowest BCUT2D eigenvalue weighted by Gasteiger charge is -2.25. The number of hydrogen-bond donors (Lipinski definition) is 0. The van der Waals surface area contributed by atoms with Gasteiger partial charge in [-0.2, -0.15) is 0 Å². The van der Waals surface area contributed by atoms with Gasteiger partial charge in [-0.1, -0.05) is 25.5 Å². The summed E-state index contributed by atoms with van der Waals surface area (Å²) in [5.41, 5.74) is 0. The fourth-order valence-corrected chi connectivity index (χ4v) is 1.72. The molecule has 70 valence electrons. The van der Waals surface area contributed by atoms with Crippen molar-refractivity contribution in [1.29, 1.82) is 0 Å². The first kappa shape index (κ1) is 9.79. The molecular weight excluding hydrogens is 146 g/mol. The summed E-state index contributed by atoms with van der Waals surface area (Å²) < 4.78 is 0. The van der Waals surface area contributed by atoms with Crippen LogP contribution in [0.15, 0.2) is 12.2 Å². The Balaban J connectivity index is 2.01. The maximum Gasteiger partial charge on any atom is 0.00159 e. The molecule has 1 aliphatic rings. The van der Waals surface area contributed by atoms with Gasteiger partial charge in [0.2, 0.25) is 0 Å². The molecular formula is C11H21N. The number of nitrogens with zero attached hydrogens (tertiary/aromatic N) is 1. The first-order valence-electron chi connectivity index (χ1n) is 5.31. The quantitative estimate of drug-likeness (QED) is 0.582. The van der Waals surface area contributed by atoms with E-state index in [2.05, 4.69) is 24.0 Å². The Labute approximate surface area is 76.5 Å². The summed E-state index contributed by atoms with van der Waals surface area (Å²) in [5, 5.41) is 0. The van der Waals surface area contributed by atoms with Crippen molar-refractivity contribution in [3.63, 3.8) is 0 Å². The number of piperidine rings is 1. The fourth-order valence-electron chi connectivity index (χ4n) is 1.72. The molecule has 0 saturated carbocycles. The zero-order valence-electron chi connectivity index (χ0n) is 8.26. The van der Waals surface area contributed by atoms with Crippen LogP contribution >= 0.6 is 0 Å². The molecule has 12 heavy (non-hydrogen) atoms. The van der Waals surface area contributed by atoms with E-state index in [9.17, 15) is 0 Å². The Morgan fingerprint density at radius 1 is 1.08 bits per heavy atom. The van der Waals surface area contributed by atoms with Crippen molar-refractivity contribution in [2.24, 2.45) is 0 Å². The van der Waals surface area contributed by atoms with Crippen LogP contribution in [0.5, 0.6) is 0 Å². The molecule has 0 aromatic rings. The van der Waals surface area contributed by atoms with Gasteiger partial charge in [0.25, 0.3) is 0 Å². The molecule has 1 aliphatic heterocycles. The second-order valence-electron chi connectivity index (χ2n) is 3.57. The van der Waals surface area contributed by atoms with Gasteiger partial charge in [0.15, 0.2) is 0 Å². The molecule has 1 heterocycles. The summed E-state index contributed by atoms with van der Waals surface area (Å²) in [5.74, 6) is 0. The summed E-state index contributed by atoms with van der Waals surface area (Å²) >= 11 is 0. The third kappa shape index (κ3) is 3.91. The Bertz CT molecular complexity index is 123. The summed E-state index contributed by atoms with van der Waals surface area (Å²) in [6, 6.07) is 0. The fraction of sp³-hybridized carbons (Fsp3) is 0.818. The van der Waals surface area contributed by atoms with E-state index in [-0.39, 0.29) is 0 Å².